The van der Waals surface area contributed by atoms with Crippen molar-refractivity contribution in [1.82, 2.24) is 4.98 Å². The summed E-state index contributed by atoms with van der Waals surface area (Å²) in [6, 6.07) is 10.2. The Bertz CT molecular complexity index is 785. The van der Waals surface area contributed by atoms with Crippen LogP contribution in [-0.2, 0) is 13.0 Å². The van der Waals surface area contributed by atoms with Crippen molar-refractivity contribution in [1.29, 1.82) is 0 Å². The number of hydrogen-bond donors (Lipinski definition) is 1. The number of para-hydroxylation sites is 1. The molecule has 1 aromatic carbocycles. The topological polar surface area (TPSA) is 36.7 Å². The zero-order valence-corrected chi connectivity index (χ0v) is 12.4. The number of Topliss-reactive ketones (excluding diaryl/α,β-unsaturated/α-hetero) is 1. The first-order chi connectivity index (χ1) is 10.2. The van der Waals surface area contributed by atoms with Gasteiger partial charge in [0, 0.05) is 34.8 Å². The third-order valence-corrected chi connectivity index (χ3v) is 3.87. The molecule has 0 unspecified atom stereocenters. The zero-order valence-electron chi connectivity index (χ0n) is 12.4. The molecule has 3 nitrogen and oxygen atoms in total. The lowest BCUT2D eigenvalue weighted by atomic mass is 10.0. The van der Waals surface area contributed by atoms with Gasteiger partial charge in [-0.25, -0.2) is 0 Å². The Morgan fingerprint density at radius 2 is 1.95 bits per heavy atom. The molecule has 106 valence electrons. The number of H-pyrrole nitrogens is 1. The summed E-state index contributed by atoms with van der Waals surface area (Å²) in [7, 11) is 0. The Morgan fingerprint density at radius 3 is 2.67 bits per heavy atom. The molecule has 0 fully saturated rings. The third-order valence-electron chi connectivity index (χ3n) is 3.87. The number of hydrogen-bond acceptors (Lipinski definition) is 1. The second-order valence-electron chi connectivity index (χ2n) is 5.37. The number of aromatic nitrogens is 2. The third kappa shape index (κ3) is 2.59. The molecular formula is C18H19N2O+. The van der Waals surface area contributed by atoms with Crippen LogP contribution >= 0.6 is 0 Å². The van der Waals surface area contributed by atoms with Gasteiger partial charge >= 0.3 is 0 Å². The van der Waals surface area contributed by atoms with Crippen LogP contribution in [0.15, 0.2) is 48.9 Å². The van der Waals surface area contributed by atoms with Crippen molar-refractivity contribution in [3.05, 3.63) is 65.6 Å². The van der Waals surface area contributed by atoms with Gasteiger partial charge in [0.1, 0.15) is 0 Å². The van der Waals surface area contributed by atoms with Gasteiger partial charge in [0.05, 0.1) is 0 Å². The van der Waals surface area contributed by atoms with Crippen molar-refractivity contribution in [2.24, 2.45) is 0 Å². The van der Waals surface area contributed by atoms with E-state index in [-0.39, 0.29) is 5.78 Å². The van der Waals surface area contributed by atoms with E-state index in [0.717, 1.165) is 22.9 Å². The van der Waals surface area contributed by atoms with E-state index >= 15 is 0 Å². The Hall–Kier alpha value is -2.42. The highest BCUT2D eigenvalue weighted by Gasteiger charge is 2.17. The maximum atomic E-state index is 12.5. The van der Waals surface area contributed by atoms with Crippen molar-refractivity contribution in [3.8, 4) is 0 Å². The van der Waals surface area contributed by atoms with Gasteiger partial charge in [-0.05, 0) is 24.5 Å². The molecular weight excluding hydrogens is 260 g/mol. The number of nitrogens with zero attached hydrogens (tertiary/aromatic N) is 1. The average Bonchev–Trinajstić information content (AvgIpc) is 2.93. The van der Waals surface area contributed by atoms with E-state index in [1.54, 1.807) is 0 Å². The van der Waals surface area contributed by atoms with E-state index in [0.29, 0.717) is 6.54 Å². The van der Waals surface area contributed by atoms with Crippen LogP contribution in [0, 0.1) is 6.92 Å². The monoisotopic (exact) mass is 279 g/mol. The fourth-order valence-electron chi connectivity index (χ4n) is 2.63. The van der Waals surface area contributed by atoms with Crippen LogP contribution in [0.5, 0.6) is 0 Å². The first-order valence-electron chi connectivity index (χ1n) is 7.27. The zero-order chi connectivity index (χ0) is 14.8. The Balaban J connectivity index is 1.93. The van der Waals surface area contributed by atoms with E-state index in [2.05, 4.69) is 18.0 Å². The molecule has 2 aromatic heterocycles. The summed E-state index contributed by atoms with van der Waals surface area (Å²) in [6.07, 6.45) is 6.68. The van der Waals surface area contributed by atoms with Gasteiger partial charge in [-0.15, -0.1) is 0 Å². The second-order valence-corrected chi connectivity index (χ2v) is 5.37. The molecule has 0 saturated heterocycles. The van der Waals surface area contributed by atoms with Crippen LogP contribution < -0.4 is 4.57 Å². The summed E-state index contributed by atoms with van der Waals surface area (Å²) in [5.41, 5.74) is 4.29. The molecule has 2 heterocycles. The molecule has 0 aliphatic heterocycles. The van der Waals surface area contributed by atoms with Crippen LogP contribution in [0.4, 0.5) is 0 Å². The Kier molecular flexibility index (Phi) is 3.57. The molecule has 0 aliphatic rings. The fourth-order valence-corrected chi connectivity index (χ4v) is 2.63. The SMILES string of the molecule is CCc1cccc2c(C(=O)C[n+]3ccc(C)cc3)c[nH]c12. The Labute approximate surface area is 124 Å². The number of ketones is 1. The van der Waals surface area contributed by atoms with Crippen molar-refractivity contribution in [2.75, 3.05) is 0 Å². The summed E-state index contributed by atoms with van der Waals surface area (Å²) in [5.74, 6) is 0.128. The minimum Gasteiger partial charge on any atom is -0.360 e. The van der Waals surface area contributed by atoms with Crippen LogP contribution in [0.25, 0.3) is 10.9 Å². The molecule has 21 heavy (non-hydrogen) atoms. The van der Waals surface area contributed by atoms with Gasteiger partial charge in [0.25, 0.3) is 0 Å². The highest BCUT2D eigenvalue weighted by Crippen LogP contribution is 2.22. The molecule has 3 aromatic rings. The first kappa shape index (κ1) is 13.6. The summed E-state index contributed by atoms with van der Waals surface area (Å²) in [4.78, 5) is 15.8. The predicted molar refractivity (Wildman–Crippen MR) is 83.4 cm³/mol. The van der Waals surface area contributed by atoms with E-state index in [4.69, 9.17) is 0 Å². The van der Waals surface area contributed by atoms with Gasteiger partial charge in [0.2, 0.25) is 12.3 Å². The molecule has 0 atom stereocenters. The number of aryl methyl sites for hydroxylation is 2. The number of rotatable bonds is 4. The summed E-state index contributed by atoms with van der Waals surface area (Å²) < 4.78 is 1.91. The average molecular weight is 279 g/mol. The molecule has 0 aliphatic carbocycles. The van der Waals surface area contributed by atoms with Gasteiger partial charge in [-0.3, -0.25) is 4.79 Å². The summed E-state index contributed by atoms with van der Waals surface area (Å²) in [5, 5.41) is 1.02. The van der Waals surface area contributed by atoms with Crippen LogP contribution in [0.3, 0.4) is 0 Å². The molecule has 3 rings (SSSR count). The number of fused-ring (bicyclic) bond motifs is 1. The van der Waals surface area contributed by atoms with Crippen molar-refractivity contribution in [3.63, 3.8) is 0 Å². The summed E-state index contributed by atoms with van der Waals surface area (Å²) >= 11 is 0. The lowest BCUT2D eigenvalue weighted by molar-refractivity contribution is -0.683. The van der Waals surface area contributed by atoms with Gasteiger partial charge in [-0.2, -0.15) is 4.57 Å². The van der Waals surface area contributed by atoms with Crippen molar-refractivity contribution < 1.29 is 9.36 Å². The van der Waals surface area contributed by atoms with Crippen LogP contribution in [-0.4, -0.2) is 10.8 Å². The molecule has 1 N–H and O–H groups in total. The smallest absolute Gasteiger partial charge is 0.229 e. The largest absolute Gasteiger partial charge is 0.360 e. The molecule has 0 saturated carbocycles. The number of carbonyl (C=O) groups is 1. The van der Waals surface area contributed by atoms with Crippen LogP contribution in [0.1, 0.15) is 28.4 Å². The minimum atomic E-state index is 0.128. The standard InChI is InChI=1S/C18H18N2O/c1-3-14-5-4-6-15-16(11-19-18(14)15)17(21)12-20-9-7-13(2)8-10-20/h4-11H,3,12H2,1-2H3/p+1. The number of carbonyl (C=O) groups excluding carboxylic acids is 1. The molecule has 0 bridgehead atoms. The molecule has 3 heteroatoms. The van der Waals surface area contributed by atoms with Crippen molar-refractivity contribution in [2.45, 2.75) is 26.8 Å². The van der Waals surface area contributed by atoms with Gasteiger partial charge in [-0.1, -0.05) is 25.1 Å². The van der Waals surface area contributed by atoms with Crippen LogP contribution in [0.2, 0.25) is 0 Å². The molecule has 0 spiro atoms. The lowest BCUT2D eigenvalue weighted by Gasteiger charge is -2.00. The Morgan fingerprint density at radius 1 is 1.19 bits per heavy atom. The highest BCUT2D eigenvalue weighted by atomic mass is 16.1. The number of benzene rings is 1. The minimum absolute atomic E-state index is 0.128. The van der Waals surface area contributed by atoms with Gasteiger partial charge in [0.15, 0.2) is 12.4 Å². The number of pyridine rings is 1. The van der Waals surface area contributed by atoms with Crippen molar-refractivity contribution >= 4 is 16.7 Å². The summed E-state index contributed by atoms with van der Waals surface area (Å²) in [6.45, 7) is 4.53. The van der Waals surface area contributed by atoms with Gasteiger partial charge < -0.3 is 4.98 Å². The number of nitrogens with one attached hydrogen (secondary N) is 1. The molecule has 0 amide bonds. The fraction of sp³-hybridized carbons (Fsp3) is 0.222. The van der Waals surface area contributed by atoms with E-state index < -0.39 is 0 Å². The van der Waals surface area contributed by atoms with E-state index in [1.807, 2.05) is 54.3 Å². The maximum Gasteiger partial charge on any atom is 0.229 e. The normalized spacial score (nSPS) is 11.0. The quantitative estimate of drug-likeness (QED) is 0.578. The van der Waals surface area contributed by atoms with E-state index in [9.17, 15) is 4.79 Å². The maximum absolute atomic E-state index is 12.5. The highest BCUT2D eigenvalue weighted by molar-refractivity contribution is 6.07. The number of aromatic amines is 1. The lowest BCUT2D eigenvalue weighted by Crippen LogP contribution is -2.37. The molecule has 0 radical (unpaired) electrons. The second kappa shape index (κ2) is 5.52. The predicted octanol–water partition coefficient (Wildman–Crippen LogP) is 3.21. The van der Waals surface area contributed by atoms with E-state index in [1.165, 1.54) is 11.1 Å². The first-order valence-corrected chi connectivity index (χ1v) is 7.27.